The molecule has 6 aliphatic rings. The van der Waals surface area contributed by atoms with E-state index in [-0.39, 0.29) is 72.9 Å². The first-order valence-electron chi connectivity index (χ1n) is 37.9. The van der Waals surface area contributed by atoms with E-state index < -0.39 is 0 Å². The Kier molecular flexibility index (Phi) is 24.7. The molecule has 3 atom stereocenters. The third-order valence-electron chi connectivity index (χ3n) is 21.2. The molecule has 558 valence electrons. The summed E-state index contributed by atoms with van der Waals surface area (Å²) in [5.41, 5.74) is 7.88. The summed E-state index contributed by atoms with van der Waals surface area (Å²) in [4.78, 5) is 61.8. The largest absolute Gasteiger partial charge is 0.493 e. The van der Waals surface area contributed by atoms with Gasteiger partial charge in [-0.2, -0.15) is 10.2 Å². The van der Waals surface area contributed by atoms with Gasteiger partial charge in [0.1, 0.15) is 11.6 Å². The molecule has 6 aromatic carbocycles. The summed E-state index contributed by atoms with van der Waals surface area (Å²) in [6, 6.07) is 49.8. The minimum atomic E-state index is 0.0363. The van der Waals surface area contributed by atoms with Gasteiger partial charge in [-0.15, -0.1) is 0 Å². The van der Waals surface area contributed by atoms with E-state index in [2.05, 4.69) is 142 Å². The fourth-order valence-corrected chi connectivity index (χ4v) is 14.6. The molecule has 0 bridgehead atoms. The molecule has 0 radical (unpaired) electrons. The Hall–Kier alpha value is -10.5. The van der Waals surface area contributed by atoms with Crippen molar-refractivity contribution in [2.24, 2.45) is 0 Å². The van der Waals surface area contributed by atoms with Gasteiger partial charge >= 0.3 is 0 Å². The molecule has 15 rings (SSSR count). The number of aryl methyl sites for hydroxylation is 1. The van der Waals surface area contributed by atoms with Crippen LogP contribution in [-0.4, -0.2) is 179 Å². The number of aromatic amines is 2. The van der Waals surface area contributed by atoms with Crippen molar-refractivity contribution in [2.45, 2.75) is 159 Å². The lowest BCUT2D eigenvalue weighted by atomic mass is 9.96. The summed E-state index contributed by atoms with van der Waals surface area (Å²) in [5, 5.41) is 14.0. The van der Waals surface area contributed by atoms with Crippen LogP contribution in [0.25, 0.3) is 0 Å². The average molecular weight is 1440 g/mol. The molecule has 3 amide bonds. The maximum Gasteiger partial charge on any atom is 0.230 e. The van der Waals surface area contributed by atoms with Gasteiger partial charge in [-0.25, -0.2) is 9.97 Å². The van der Waals surface area contributed by atoms with Crippen molar-refractivity contribution >= 4 is 34.8 Å². The average Bonchev–Trinajstić information content (AvgIpc) is 0.839. The van der Waals surface area contributed by atoms with Crippen molar-refractivity contribution in [3.05, 3.63) is 210 Å². The SMILES string of the molecule is COc1ccc(N2CCN(C(=O)Cc3cn[nH]c3)C(Cc3ccccc3)C2)cc1OC1CCC1.COc1ccc(N2CCN(C(=O)Cc3cnc(C)o3)C(Cc3ccccc3)C2)cc1OC1CCC1.COc1ccc(N2CCN(C(=O)Cc3nc(C(C)C)n[nH]3)C(Cc3ccccc3)C2)cc1OC1CCC1. The van der Waals surface area contributed by atoms with Crippen molar-refractivity contribution in [3.8, 4) is 34.5 Å². The van der Waals surface area contributed by atoms with Crippen molar-refractivity contribution in [2.75, 3.05) is 94.9 Å². The number of carbonyl (C=O) groups excluding carboxylic acids is 3. The number of benzene rings is 6. The normalized spacial score (nSPS) is 18.3. The number of rotatable bonds is 25. The number of methoxy groups -OCH3 is 3. The van der Waals surface area contributed by atoms with Gasteiger partial charge in [-0.05, 0) is 136 Å². The molecular formula is C84H102N12O10. The lowest BCUT2D eigenvalue weighted by Gasteiger charge is -2.43. The van der Waals surface area contributed by atoms with Gasteiger partial charge in [0.2, 0.25) is 17.7 Å². The molecule has 2 N–H and O–H groups in total. The topological polar surface area (TPSA) is 222 Å². The number of nitrogens with one attached hydrogen (secondary N) is 2. The first-order chi connectivity index (χ1) is 51.8. The zero-order valence-corrected chi connectivity index (χ0v) is 62.2. The number of carbonyl (C=O) groups is 3. The Morgan fingerprint density at radius 1 is 0.481 bits per heavy atom. The minimum absolute atomic E-state index is 0.0363. The third-order valence-corrected chi connectivity index (χ3v) is 21.2. The molecule has 6 heterocycles. The number of amides is 3. The minimum Gasteiger partial charge on any atom is -0.493 e. The van der Waals surface area contributed by atoms with E-state index in [0.29, 0.717) is 43.5 Å². The Labute approximate surface area is 622 Å². The van der Waals surface area contributed by atoms with Crippen molar-refractivity contribution in [3.63, 3.8) is 0 Å². The molecular weight excluding hydrogens is 1340 g/mol. The second-order valence-corrected chi connectivity index (χ2v) is 28.9. The van der Waals surface area contributed by atoms with Crippen LogP contribution in [0.1, 0.15) is 123 Å². The van der Waals surface area contributed by atoms with Crippen molar-refractivity contribution in [1.82, 2.24) is 45.1 Å². The Bertz CT molecular complexity index is 4280. The monoisotopic (exact) mass is 1440 g/mol. The quantitative estimate of drug-likeness (QED) is 0.0543. The number of hydrogen-bond donors (Lipinski definition) is 2. The molecule has 3 aromatic heterocycles. The van der Waals surface area contributed by atoms with Crippen LogP contribution in [-0.2, 0) is 52.9 Å². The number of nitrogens with zero attached hydrogens (tertiary/aromatic N) is 10. The first-order valence-corrected chi connectivity index (χ1v) is 37.9. The van der Waals surface area contributed by atoms with E-state index >= 15 is 0 Å². The van der Waals surface area contributed by atoms with Crippen LogP contribution < -0.4 is 43.1 Å². The number of hydrogen-bond acceptors (Lipinski definition) is 17. The maximum atomic E-state index is 13.5. The molecule has 6 fully saturated rings. The highest BCUT2D eigenvalue weighted by Crippen LogP contribution is 2.40. The summed E-state index contributed by atoms with van der Waals surface area (Å²) < 4.78 is 40.9. The second kappa shape index (κ2) is 35.5. The standard InChI is InChI=1S/C29H37N5O3.C28H33N3O4.C27H32N4O3/c1-20(2)29-30-27(31-32-29)18-28(35)34-15-14-33(19-23(34)16-21-8-5-4-6-9-21)22-12-13-25(36-3)26(17-22)37-24-10-7-11-24;1-20-29-18-25(34-20)17-28(32)31-14-13-30(19-23(31)15-21-7-4-3-5-8-21)22-11-12-26(33-2)27(16-22)35-24-9-6-10-24;1-33-25-11-10-22(16-26(25)34-24-8-5-9-24)30-12-13-31(27(32)15-21-17-28-29-18-21)23(19-30)14-20-6-3-2-4-7-20/h4-6,8-9,12-13,17,20,23-24H,7,10-11,14-16,18-19H2,1-3H3,(H,30,31,32);3-5,7-8,11-12,16,18,23-24H,6,9-10,13-15,17,19H2,1-2H3;2-4,6-7,10-11,16-18,23-24H,5,8-9,12-15,19H2,1H3,(H,28,29). The highest BCUT2D eigenvalue weighted by Gasteiger charge is 2.36. The van der Waals surface area contributed by atoms with E-state index in [4.69, 9.17) is 32.8 Å². The molecule has 3 unspecified atom stereocenters. The predicted molar refractivity (Wildman–Crippen MR) is 409 cm³/mol. The Balaban J connectivity index is 0.000000141. The number of anilines is 3. The number of aromatic nitrogens is 6. The number of H-pyrrole nitrogens is 2. The van der Waals surface area contributed by atoms with E-state index in [9.17, 15) is 14.4 Å². The van der Waals surface area contributed by atoms with Gasteiger partial charge in [0, 0.05) is 113 Å². The van der Waals surface area contributed by atoms with Crippen LogP contribution in [0, 0.1) is 6.92 Å². The summed E-state index contributed by atoms with van der Waals surface area (Å²) in [5.74, 6) is 7.78. The summed E-state index contributed by atoms with van der Waals surface area (Å²) in [6.07, 6.45) is 19.5. The maximum absolute atomic E-state index is 13.5. The van der Waals surface area contributed by atoms with Crippen LogP contribution in [0.15, 0.2) is 169 Å². The number of oxazole rings is 1. The number of piperazine rings is 3. The van der Waals surface area contributed by atoms with Crippen LogP contribution >= 0.6 is 0 Å². The van der Waals surface area contributed by atoms with Crippen LogP contribution in [0.5, 0.6) is 34.5 Å². The van der Waals surface area contributed by atoms with E-state index in [1.54, 1.807) is 46.8 Å². The second-order valence-electron chi connectivity index (χ2n) is 28.9. The third kappa shape index (κ3) is 19.1. The predicted octanol–water partition coefficient (Wildman–Crippen LogP) is 12.6. The molecule has 3 aliphatic carbocycles. The highest BCUT2D eigenvalue weighted by atomic mass is 16.5. The summed E-state index contributed by atoms with van der Waals surface area (Å²) >= 11 is 0. The molecule has 22 nitrogen and oxygen atoms in total. The lowest BCUT2D eigenvalue weighted by molar-refractivity contribution is -0.134. The van der Waals surface area contributed by atoms with Gasteiger partial charge in [0.15, 0.2) is 46.2 Å². The van der Waals surface area contributed by atoms with Crippen LogP contribution in [0.4, 0.5) is 17.1 Å². The van der Waals surface area contributed by atoms with Crippen molar-refractivity contribution < 1.29 is 47.2 Å². The zero-order chi connectivity index (χ0) is 73.3. The summed E-state index contributed by atoms with van der Waals surface area (Å²) in [7, 11) is 5.05. The van der Waals surface area contributed by atoms with E-state index in [0.717, 1.165) is 160 Å². The van der Waals surface area contributed by atoms with E-state index in [1.165, 1.54) is 36.0 Å². The Morgan fingerprint density at radius 2 is 0.877 bits per heavy atom. The number of ether oxygens (including phenoxy) is 6. The zero-order valence-electron chi connectivity index (χ0n) is 62.2. The highest BCUT2D eigenvalue weighted by molar-refractivity contribution is 5.80. The summed E-state index contributed by atoms with van der Waals surface area (Å²) in [6.45, 7) is 12.4. The smallest absolute Gasteiger partial charge is 0.230 e. The van der Waals surface area contributed by atoms with Crippen LogP contribution in [0.3, 0.4) is 0 Å². The van der Waals surface area contributed by atoms with Gasteiger partial charge in [0.25, 0.3) is 0 Å². The lowest BCUT2D eigenvalue weighted by Crippen LogP contribution is -2.56. The van der Waals surface area contributed by atoms with Gasteiger partial charge in [-0.1, -0.05) is 105 Å². The molecule has 3 saturated carbocycles. The van der Waals surface area contributed by atoms with Gasteiger partial charge in [-0.3, -0.25) is 24.6 Å². The van der Waals surface area contributed by atoms with Gasteiger partial charge < -0.3 is 62.2 Å². The molecule has 9 aromatic rings. The van der Waals surface area contributed by atoms with Crippen LogP contribution in [0.2, 0.25) is 0 Å². The fraction of sp³-hybridized carbons (Fsp3) is 0.440. The fourth-order valence-electron chi connectivity index (χ4n) is 14.6. The molecule has 3 aliphatic heterocycles. The molecule has 22 heteroatoms. The molecule has 106 heavy (non-hydrogen) atoms. The molecule has 0 spiro atoms. The molecule has 3 saturated heterocycles. The van der Waals surface area contributed by atoms with Crippen molar-refractivity contribution in [1.29, 1.82) is 0 Å². The van der Waals surface area contributed by atoms with Gasteiger partial charge in [0.05, 0.1) is 89.4 Å². The Morgan fingerprint density at radius 3 is 1.21 bits per heavy atom. The van der Waals surface area contributed by atoms with E-state index in [1.807, 2.05) is 77.1 Å². The first kappa shape index (κ1) is 73.8.